The first-order valence-electron chi connectivity index (χ1n) is 18.9. The lowest BCUT2D eigenvalue weighted by Crippen LogP contribution is -2.45. The zero-order chi connectivity index (χ0) is 33.7. The van der Waals surface area contributed by atoms with E-state index >= 15 is 0 Å². The highest BCUT2D eigenvalue weighted by Gasteiger charge is 2.32. The predicted molar refractivity (Wildman–Crippen MR) is 192 cm³/mol. The molecule has 0 radical (unpaired) electrons. The highest BCUT2D eigenvalue weighted by molar-refractivity contribution is 4.84. The third-order valence-electron chi connectivity index (χ3n) is 11.4. The molecule has 2 atom stereocenters. The highest BCUT2D eigenvalue weighted by Crippen LogP contribution is 2.36. The minimum atomic E-state index is 0.445. The van der Waals surface area contributed by atoms with E-state index in [0.29, 0.717) is 21.7 Å². The van der Waals surface area contributed by atoms with Crippen molar-refractivity contribution < 1.29 is 18.9 Å². The molecular formula is C40H79NO4. The topological polar surface area (TPSA) is 40.2 Å². The van der Waals surface area contributed by atoms with Crippen LogP contribution in [0.1, 0.15) is 141 Å². The zero-order valence-corrected chi connectivity index (χ0v) is 32.4. The van der Waals surface area contributed by atoms with Gasteiger partial charge in [0.25, 0.3) is 0 Å². The minimum Gasteiger partial charge on any atom is -0.381 e. The van der Waals surface area contributed by atoms with Crippen LogP contribution < -0.4 is 0 Å². The van der Waals surface area contributed by atoms with E-state index < -0.39 is 0 Å². The first kappa shape index (κ1) is 41.0. The fourth-order valence-corrected chi connectivity index (χ4v) is 7.39. The summed E-state index contributed by atoms with van der Waals surface area (Å²) in [5.74, 6) is 3.36. The first-order chi connectivity index (χ1) is 20.9. The summed E-state index contributed by atoms with van der Waals surface area (Å²) in [5.41, 5.74) is 1.89. The van der Waals surface area contributed by atoms with Gasteiger partial charge in [0.05, 0.1) is 0 Å². The Balaban J connectivity index is 0.000000216. The van der Waals surface area contributed by atoms with Gasteiger partial charge in [0.1, 0.15) is 0 Å². The molecule has 0 aromatic heterocycles. The van der Waals surface area contributed by atoms with E-state index in [0.717, 1.165) is 82.6 Å². The van der Waals surface area contributed by atoms with Crippen molar-refractivity contribution in [3.63, 3.8) is 0 Å². The minimum absolute atomic E-state index is 0.445. The van der Waals surface area contributed by atoms with Gasteiger partial charge in [-0.25, -0.2) is 0 Å². The van der Waals surface area contributed by atoms with Crippen molar-refractivity contribution in [1.82, 2.24) is 4.90 Å². The van der Waals surface area contributed by atoms with Crippen LogP contribution in [-0.4, -0.2) is 76.9 Å². The highest BCUT2D eigenvalue weighted by atomic mass is 16.5. The van der Waals surface area contributed by atoms with Gasteiger partial charge in [0.2, 0.25) is 0 Å². The Labute approximate surface area is 281 Å². The van der Waals surface area contributed by atoms with Gasteiger partial charge >= 0.3 is 0 Å². The van der Waals surface area contributed by atoms with Crippen molar-refractivity contribution in [1.29, 1.82) is 0 Å². The van der Waals surface area contributed by atoms with Crippen LogP contribution in [0, 0.1) is 45.3 Å². The van der Waals surface area contributed by atoms with Gasteiger partial charge in [-0.2, -0.15) is 0 Å². The SMILES string of the molecule is CC(C)(C)C1CCCOC1.CC(C)(C)C1CCN(C2CCOCC2)CC1.CC(C)(C)C1CCOC1.CC(C)(C)C1CCOCC1. The molecule has 0 aromatic rings. The summed E-state index contributed by atoms with van der Waals surface area (Å²) in [5, 5.41) is 0. The normalized spacial score (nSPS) is 26.9. The van der Waals surface area contributed by atoms with Crippen LogP contribution in [0.25, 0.3) is 0 Å². The Morgan fingerprint density at radius 1 is 0.378 bits per heavy atom. The molecule has 0 amide bonds. The number of hydrogen-bond acceptors (Lipinski definition) is 5. The largest absolute Gasteiger partial charge is 0.381 e. The number of rotatable bonds is 1. The van der Waals surface area contributed by atoms with Crippen LogP contribution >= 0.6 is 0 Å². The second kappa shape index (κ2) is 19.1. The lowest BCUT2D eigenvalue weighted by atomic mass is 9.75. The maximum Gasteiger partial charge on any atom is 0.0500 e. The van der Waals surface area contributed by atoms with Crippen LogP contribution in [0.2, 0.25) is 0 Å². The Morgan fingerprint density at radius 3 is 1.04 bits per heavy atom. The van der Waals surface area contributed by atoms with E-state index in [1.54, 1.807) is 0 Å². The van der Waals surface area contributed by atoms with E-state index in [1.807, 2.05) is 0 Å². The average Bonchev–Trinajstić information content (AvgIpc) is 3.55. The zero-order valence-electron chi connectivity index (χ0n) is 32.4. The van der Waals surface area contributed by atoms with Gasteiger partial charge < -0.3 is 23.8 Å². The van der Waals surface area contributed by atoms with E-state index in [4.69, 9.17) is 18.9 Å². The van der Waals surface area contributed by atoms with E-state index in [1.165, 1.54) is 70.9 Å². The molecule has 0 bridgehead atoms. The number of piperidine rings is 1. The third kappa shape index (κ3) is 16.2. The van der Waals surface area contributed by atoms with Crippen molar-refractivity contribution in [2.75, 3.05) is 65.9 Å². The average molecular weight is 638 g/mol. The van der Waals surface area contributed by atoms with E-state index in [9.17, 15) is 0 Å². The van der Waals surface area contributed by atoms with Crippen molar-refractivity contribution >= 4 is 0 Å². The number of ether oxygens (including phenoxy) is 4. The molecule has 5 aliphatic heterocycles. The Morgan fingerprint density at radius 2 is 0.733 bits per heavy atom. The van der Waals surface area contributed by atoms with Crippen molar-refractivity contribution in [2.45, 2.75) is 147 Å². The molecular weight excluding hydrogens is 558 g/mol. The molecule has 5 aliphatic rings. The number of nitrogens with zero attached hydrogens (tertiary/aromatic N) is 1. The van der Waals surface area contributed by atoms with Crippen LogP contribution in [0.3, 0.4) is 0 Å². The monoisotopic (exact) mass is 638 g/mol. The van der Waals surface area contributed by atoms with E-state index in [-0.39, 0.29) is 0 Å². The van der Waals surface area contributed by atoms with Crippen molar-refractivity contribution in [3.8, 4) is 0 Å². The Kier molecular flexibility index (Phi) is 17.4. The third-order valence-corrected chi connectivity index (χ3v) is 11.4. The summed E-state index contributed by atoms with van der Waals surface area (Å²) < 4.78 is 21.4. The second-order valence-corrected chi connectivity index (χ2v) is 19.0. The molecule has 2 unspecified atom stereocenters. The molecule has 0 aromatic carbocycles. The molecule has 0 spiro atoms. The fraction of sp³-hybridized carbons (Fsp3) is 1.00. The van der Waals surface area contributed by atoms with Crippen molar-refractivity contribution in [2.24, 2.45) is 45.3 Å². The van der Waals surface area contributed by atoms with Gasteiger partial charge in [-0.05, 0) is 116 Å². The first-order valence-corrected chi connectivity index (χ1v) is 18.9. The molecule has 5 heterocycles. The molecule has 0 aliphatic carbocycles. The second-order valence-electron chi connectivity index (χ2n) is 19.0. The molecule has 45 heavy (non-hydrogen) atoms. The molecule has 5 rings (SSSR count). The Bertz CT molecular complexity index is 711. The van der Waals surface area contributed by atoms with Crippen molar-refractivity contribution in [3.05, 3.63) is 0 Å². The smallest absolute Gasteiger partial charge is 0.0500 e. The maximum absolute atomic E-state index is 5.44. The summed E-state index contributed by atoms with van der Waals surface area (Å²) >= 11 is 0. The van der Waals surface area contributed by atoms with Crippen LogP contribution in [-0.2, 0) is 18.9 Å². The molecule has 268 valence electrons. The molecule has 5 heteroatoms. The standard InChI is InChI=1S/C14H27NO.2C9H18O.C8H16O/c1-14(2,3)12-4-8-15(9-5-12)13-6-10-16-11-7-13;1-9(2,3)8-4-6-10-7-5-8;1-9(2,3)8-5-4-6-10-7-8;1-8(2,3)7-4-5-9-6-7/h12-13H,4-11H2,1-3H3;2*8H,4-7H2,1-3H3;7H,4-6H2,1-3H3. The quantitative estimate of drug-likeness (QED) is 0.286. The Hall–Kier alpha value is -0.200. The molecule has 5 fully saturated rings. The van der Waals surface area contributed by atoms with Gasteiger partial charge in [-0.3, -0.25) is 0 Å². The lowest BCUT2D eigenvalue weighted by Gasteiger charge is -2.42. The summed E-state index contributed by atoms with van der Waals surface area (Å²) in [7, 11) is 0. The summed E-state index contributed by atoms with van der Waals surface area (Å²) in [6.45, 7) is 38.3. The molecule has 0 N–H and O–H groups in total. The number of likely N-dealkylation sites (tertiary alicyclic amines) is 1. The maximum atomic E-state index is 5.44. The summed E-state index contributed by atoms with van der Waals surface area (Å²) in [6.07, 6.45) is 11.6. The predicted octanol–water partition coefficient (Wildman–Crippen LogP) is 9.91. The molecule has 0 saturated carbocycles. The molecule has 5 nitrogen and oxygen atoms in total. The van der Waals surface area contributed by atoms with Gasteiger partial charge in [-0.1, -0.05) is 83.1 Å². The summed E-state index contributed by atoms with van der Waals surface area (Å²) in [4.78, 5) is 2.71. The van der Waals surface area contributed by atoms with Gasteiger partial charge in [0, 0.05) is 58.9 Å². The number of hydrogen-bond donors (Lipinski definition) is 0. The van der Waals surface area contributed by atoms with Crippen LogP contribution in [0.15, 0.2) is 0 Å². The fourth-order valence-electron chi connectivity index (χ4n) is 7.39. The van der Waals surface area contributed by atoms with Crippen LogP contribution in [0.5, 0.6) is 0 Å². The lowest BCUT2D eigenvalue weighted by molar-refractivity contribution is 0.0102. The summed E-state index contributed by atoms with van der Waals surface area (Å²) in [6, 6.07) is 0.815. The van der Waals surface area contributed by atoms with Gasteiger partial charge in [0.15, 0.2) is 0 Å². The van der Waals surface area contributed by atoms with Crippen LogP contribution in [0.4, 0.5) is 0 Å². The molecule has 5 saturated heterocycles. The van der Waals surface area contributed by atoms with E-state index in [2.05, 4.69) is 88.0 Å². The van der Waals surface area contributed by atoms with Gasteiger partial charge in [-0.15, -0.1) is 0 Å².